The van der Waals surface area contributed by atoms with Crippen LogP contribution < -0.4 is 15.8 Å². The van der Waals surface area contributed by atoms with Crippen molar-refractivity contribution in [3.8, 4) is 5.75 Å². The van der Waals surface area contributed by atoms with Gasteiger partial charge in [-0.3, -0.25) is 0 Å². The van der Waals surface area contributed by atoms with E-state index < -0.39 is 29.4 Å². The molecule has 0 radical (unpaired) electrons. The molecule has 0 spiro atoms. The molecular weight excluding hydrogens is 337 g/mol. The number of carbonyl (C=O) groups is 1. The van der Waals surface area contributed by atoms with Crippen LogP contribution in [0.4, 0.5) is 18.9 Å². The Morgan fingerprint density at radius 3 is 2.48 bits per heavy atom. The third-order valence-corrected chi connectivity index (χ3v) is 3.62. The van der Waals surface area contributed by atoms with Crippen LogP contribution in [0.2, 0.25) is 0 Å². The van der Waals surface area contributed by atoms with Gasteiger partial charge in [0.25, 0.3) is 0 Å². The first kappa shape index (κ1) is 19.4. The zero-order valence-corrected chi connectivity index (χ0v) is 14.4. The lowest BCUT2D eigenvalue weighted by Crippen LogP contribution is -2.47. The first-order valence-electron chi connectivity index (χ1n) is 8.06. The van der Waals surface area contributed by atoms with Crippen LogP contribution in [-0.2, 0) is 15.7 Å². The van der Waals surface area contributed by atoms with Crippen LogP contribution in [0, 0.1) is 0 Å². The molecule has 1 aromatic rings. The molecule has 0 aromatic heterocycles. The number of nitrogens with two attached hydrogens (primary N) is 1. The molecule has 1 aromatic carbocycles. The number of halogens is 3. The monoisotopic (exact) mass is 360 g/mol. The average Bonchev–Trinajstić information content (AvgIpc) is 2.95. The van der Waals surface area contributed by atoms with Crippen LogP contribution in [0.15, 0.2) is 18.2 Å². The van der Waals surface area contributed by atoms with Gasteiger partial charge in [0.2, 0.25) is 6.10 Å². The molecule has 3 N–H and O–H groups in total. The van der Waals surface area contributed by atoms with Crippen LogP contribution in [0.3, 0.4) is 0 Å². The molecule has 1 unspecified atom stereocenters. The quantitative estimate of drug-likeness (QED) is 0.637. The highest BCUT2D eigenvalue weighted by molar-refractivity contribution is 5.76. The fourth-order valence-corrected chi connectivity index (χ4v) is 2.62. The molecule has 1 aliphatic rings. The molecule has 1 saturated heterocycles. The van der Waals surface area contributed by atoms with E-state index in [1.807, 2.05) is 0 Å². The van der Waals surface area contributed by atoms with Gasteiger partial charge in [-0.15, -0.1) is 0 Å². The summed E-state index contributed by atoms with van der Waals surface area (Å²) in [6, 6.07) is 2.60. The number of hydrogen-bond donors (Lipinski definition) is 2. The largest absolute Gasteiger partial charge is 0.477 e. The van der Waals surface area contributed by atoms with Crippen molar-refractivity contribution in [3.63, 3.8) is 0 Å². The summed E-state index contributed by atoms with van der Waals surface area (Å²) in [4.78, 5) is 12.5. The Kier molecular flexibility index (Phi) is 5.51. The van der Waals surface area contributed by atoms with E-state index in [4.69, 9.17) is 15.2 Å². The van der Waals surface area contributed by atoms with E-state index in [-0.39, 0.29) is 17.5 Å². The van der Waals surface area contributed by atoms with E-state index in [2.05, 4.69) is 5.32 Å². The highest BCUT2D eigenvalue weighted by Gasteiger charge is 2.37. The fraction of sp³-hybridized carbons (Fsp3) is 0.588. The lowest BCUT2D eigenvalue weighted by atomic mass is 10.1. The number of nitrogen functional groups attached to an aromatic ring is 1. The van der Waals surface area contributed by atoms with Gasteiger partial charge in [-0.2, -0.15) is 13.2 Å². The maximum absolute atomic E-state index is 13.0. The molecule has 0 bridgehead atoms. The van der Waals surface area contributed by atoms with Crippen molar-refractivity contribution in [1.82, 2.24) is 5.32 Å². The number of ether oxygens (including phenoxy) is 2. The molecular formula is C17H23F3N2O3. The Hall–Kier alpha value is -1.96. The van der Waals surface area contributed by atoms with Crippen molar-refractivity contribution >= 4 is 11.7 Å². The third kappa shape index (κ3) is 5.52. The maximum Gasteiger partial charge on any atom is 0.416 e. The summed E-state index contributed by atoms with van der Waals surface area (Å²) < 4.78 is 49.8. The summed E-state index contributed by atoms with van der Waals surface area (Å²) in [7, 11) is 0. The van der Waals surface area contributed by atoms with E-state index in [1.54, 1.807) is 20.8 Å². The smallest absolute Gasteiger partial charge is 0.416 e. The Balaban J connectivity index is 2.27. The van der Waals surface area contributed by atoms with Crippen LogP contribution in [0.5, 0.6) is 5.75 Å². The van der Waals surface area contributed by atoms with Crippen molar-refractivity contribution < 1.29 is 27.4 Å². The fourth-order valence-electron chi connectivity index (χ4n) is 2.62. The molecule has 25 heavy (non-hydrogen) atoms. The van der Waals surface area contributed by atoms with E-state index in [1.165, 1.54) is 6.07 Å². The molecule has 8 heteroatoms. The number of esters is 1. The van der Waals surface area contributed by atoms with E-state index in [0.29, 0.717) is 13.0 Å². The molecule has 0 amide bonds. The predicted octanol–water partition coefficient (Wildman–Crippen LogP) is 3.13. The van der Waals surface area contributed by atoms with Crippen molar-refractivity contribution in [2.75, 3.05) is 12.3 Å². The minimum atomic E-state index is -4.56. The molecule has 2 atom stereocenters. The average molecular weight is 360 g/mol. The summed E-state index contributed by atoms with van der Waals surface area (Å²) >= 11 is 0. The van der Waals surface area contributed by atoms with Crippen molar-refractivity contribution in [3.05, 3.63) is 23.8 Å². The molecule has 1 aliphatic heterocycles. The Labute approximate surface area is 144 Å². The third-order valence-electron chi connectivity index (χ3n) is 3.62. The maximum atomic E-state index is 13.0. The van der Waals surface area contributed by atoms with Crippen LogP contribution in [-0.4, -0.2) is 30.3 Å². The second-order valence-electron chi connectivity index (χ2n) is 7.06. The number of anilines is 1. The first-order chi connectivity index (χ1) is 11.5. The molecule has 2 rings (SSSR count). The SMILES string of the molecule is CC(C)(C)OC(=O)[C@H](Oc1cc(N)cc(C(F)(F)F)c1)C1CCCN1. The lowest BCUT2D eigenvalue weighted by molar-refractivity contribution is -0.164. The van der Waals surface area contributed by atoms with Gasteiger partial charge < -0.3 is 20.5 Å². The second kappa shape index (κ2) is 7.11. The zero-order valence-electron chi connectivity index (χ0n) is 14.4. The van der Waals surface area contributed by atoms with Gasteiger partial charge >= 0.3 is 12.1 Å². The minimum absolute atomic E-state index is 0.0906. The van der Waals surface area contributed by atoms with E-state index >= 15 is 0 Å². The molecule has 0 saturated carbocycles. The van der Waals surface area contributed by atoms with Gasteiger partial charge in [-0.1, -0.05) is 0 Å². The number of alkyl halides is 3. The van der Waals surface area contributed by atoms with Gasteiger partial charge in [-0.25, -0.2) is 4.79 Å². The van der Waals surface area contributed by atoms with Crippen molar-refractivity contribution in [2.45, 2.75) is 57.5 Å². The summed E-state index contributed by atoms with van der Waals surface area (Å²) in [6.07, 6.45) is -4.10. The molecule has 0 aliphatic carbocycles. The van der Waals surface area contributed by atoms with E-state index in [9.17, 15) is 18.0 Å². The van der Waals surface area contributed by atoms with Gasteiger partial charge in [0, 0.05) is 11.8 Å². The van der Waals surface area contributed by atoms with Crippen molar-refractivity contribution in [1.29, 1.82) is 0 Å². The highest BCUT2D eigenvalue weighted by Crippen LogP contribution is 2.34. The zero-order chi connectivity index (χ0) is 18.8. The van der Waals surface area contributed by atoms with Gasteiger partial charge in [0.05, 0.1) is 11.6 Å². The van der Waals surface area contributed by atoms with Gasteiger partial charge in [0.1, 0.15) is 11.4 Å². The molecule has 1 heterocycles. The molecule has 1 fully saturated rings. The first-order valence-corrected chi connectivity index (χ1v) is 8.06. The number of carbonyl (C=O) groups excluding carboxylic acids is 1. The van der Waals surface area contributed by atoms with Crippen LogP contribution in [0.25, 0.3) is 0 Å². The van der Waals surface area contributed by atoms with E-state index in [0.717, 1.165) is 18.6 Å². The Morgan fingerprint density at radius 2 is 1.96 bits per heavy atom. The Bertz CT molecular complexity index is 621. The minimum Gasteiger partial charge on any atom is -0.477 e. The number of benzene rings is 1. The normalized spacial score (nSPS) is 19.5. The summed E-state index contributed by atoms with van der Waals surface area (Å²) in [5.41, 5.74) is 3.80. The topological polar surface area (TPSA) is 73.6 Å². The molecule has 140 valence electrons. The summed E-state index contributed by atoms with van der Waals surface area (Å²) in [6.45, 7) is 5.85. The number of hydrogen-bond acceptors (Lipinski definition) is 5. The predicted molar refractivity (Wildman–Crippen MR) is 87.1 cm³/mol. The number of rotatable bonds is 4. The summed E-state index contributed by atoms with van der Waals surface area (Å²) in [5.74, 6) is -0.736. The molecule has 5 nitrogen and oxygen atoms in total. The van der Waals surface area contributed by atoms with Gasteiger partial charge in [-0.05, 0) is 52.3 Å². The Morgan fingerprint density at radius 1 is 1.28 bits per heavy atom. The summed E-state index contributed by atoms with van der Waals surface area (Å²) in [5, 5.41) is 3.12. The number of nitrogens with one attached hydrogen (secondary N) is 1. The van der Waals surface area contributed by atoms with Crippen LogP contribution in [0.1, 0.15) is 39.2 Å². The van der Waals surface area contributed by atoms with Crippen LogP contribution >= 0.6 is 0 Å². The second-order valence-corrected chi connectivity index (χ2v) is 7.06. The highest BCUT2D eigenvalue weighted by atomic mass is 19.4. The lowest BCUT2D eigenvalue weighted by Gasteiger charge is -2.28. The standard InChI is InChI=1S/C17H23F3N2O3/c1-16(2,3)25-15(23)14(13-5-4-6-22-13)24-12-8-10(17(18,19)20)7-11(21)9-12/h7-9,13-14,22H,4-6,21H2,1-3H3/t13?,14-/m1/s1. The van der Waals surface area contributed by atoms with Crippen molar-refractivity contribution in [2.24, 2.45) is 0 Å². The van der Waals surface area contributed by atoms with Gasteiger partial charge in [0.15, 0.2) is 0 Å².